The SMILES string of the molecule is COC(=O)Nc1ccc2c(c1)NC(=O)[C@H](C)CC(=O)C[C@H](NCCC(=O)c1c(F)ccc(Cl)c1F)c1cc-2ccn1. The molecule has 0 unspecified atom stereocenters. The van der Waals surface area contributed by atoms with Crippen molar-refractivity contribution in [1.82, 2.24) is 10.3 Å². The highest BCUT2D eigenvalue weighted by Crippen LogP contribution is 2.33. The average molecular weight is 585 g/mol. The summed E-state index contributed by atoms with van der Waals surface area (Å²) >= 11 is 5.71. The third-order valence-electron chi connectivity index (χ3n) is 6.64. The fraction of sp³-hybridized carbons (Fsp3) is 0.276. The second-order valence-corrected chi connectivity index (χ2v) is 9.99. The molecule has 3 aromatic rings. The van der Waals surface area contributed by atoms with Crippen LogP contribution in [0.1, 0.15) is 48.3 Å². The maximum absolute atomic E-state index is 14.3. The number of pyridine rings is 1. The number of hydrogen-bond donors (Lipinski definition) is 3. The van der Waals surface area contributed by atoms with Gasteiger partial charge in [-0.15, -0.1) is 0 Å². The van der Waals surface area contributed by atoms with Crippen LogP contribution < -0.4 is 16.0 Å². The van der Waals surface area contributed by atoms with Gasteiger partial charge in [-0.1, -0.05) is 24.6 Å². The van der Waals surface area contributed by atoms with Crippen LogP contribution in [0.2, 0.25) is 5.02 Å². The first kappa shape index (κ1) is 29.8. The minimum absolute atomic E-state index is 0.0106. The van der Waals surface area contributed by atoms with Gasteiger partial charge in [0.05, 0.1) is 35.1 Å². The first-order chi connectivity index (χ1) is 19.6. The molecule has 0 spiro atoms. The first-order valence-corrected chi connectivity index (χ1v) is 13.1. The first-order valence-electron chi connectivity index (χ1n) is 12.7. The van der Waals surface area contributed by atoms with E-state index in [4.69, 9.17) is 11.6 Å². The molecule has 0 fully saturated rings. The second kappa shape index (κ2) is 13.0. The lowest BCUT2D eigenvalue weighted by molar-refractivity contribution is -0.126. The third kappa shape index (κ3) is 7.11. The smallest absolute Gasteiger partial charge is 0.411 e. The molecule has 9 nitrogen and oxygen atoms in total. The van der Waals surface area contributed by atoms with Crippen molar-refractivity contribution in [1.29, 1.82) is 0 Å². The van der Waals surface area contributed by atoms with Crippen molar-refractivity contribution in [2.75, 3.05) is 24.3 Å². The Labute approximate surface area is 239 Å². The van der Waals surface area contributed by atoms with E-state index < -0.39 is 41.0 Å². The number of benzene rings is 2. The van der Waals surface area contributed by atoms with Gasteiger partial charge in [-0.3, -0.25) is 24.7 Å². The standard InChI is InChI=1S/C29H27ClF2N4O5/c1-15-11-18(37)14-24(34-10-8-25(38)26-21(31)6-5-20(30)27(26)32)23-12-16(7-9-33-23)19-4-3-17(35-29(40)41-2)13-22(19)36-28(15)39/h3-7,9,12-13,15,24,34H,8,10-11,14H2,1-2H3,(H,35,40)(H,36,39)/t15-,24+/m1/s1. The van der Waals surface area contributed by atoms with Crippen molar-refractivity contribution in [3.8, 4) is 11.1 Å². The molecule has 1 aromatic heterocycles. The van der Waals surface area contributed by atoms with Crippen molar-refractivity contribution >= 4 is 46.5 Å². The molecule has 214 valence electrons. The molecule has 3 N–H and O–H groups in total. The number of halogens is 3. The van der Waals surface area contributed by atoms with Gasteiger partial charge >= 0.3 is 6.09 Å². The summed E-state index contributed by atoms with van der Waals surface area (Å²) in [5, 5.41) is 8.16. The molecule has 0 saturated carbocycles. The topological polar surface area (TPSA) is 126 Å². The number of amides is 2. The van der Waals surface area contributed by atoms with Crippen LogP contribution in [0.5, 0.6) is 0 Å². The summed E-state index contributed by atoms with van der Waals surface area (Å²) in [6.45, 7) is 1.62. The molecule has 1 aliphatic heterocycles. The molecule has 2 aromatic carbocycles. The number of hydrogen-bond acceptors (Lipinski definition) is 7. The number of nitrogens with one attached hydrogen (secondary N) is 3. The number of ether oxygens (including phenoxy) is 1. The zero-order valence-electron chi connectivity index (χ0n) is 22.2. The van der Waals surface area contributed by atoms with E-state index in [0.29, 0.717) is 28.2 Å². The minimum Gasteiger partial charge on any atom is -0.453 e. The predicted molar refractivity (Wildman–Crippen MR) is 149 cm³/mol. The summed E-state index contributed by atoms with van der Waals surface area (Å²) in [7, 11) is 1.23. The number of methoxy groups -OCH3 is 1. The maximum atomic E-state index is 14.3. The Bertz CT molecular complexity index is 1520. The van der Waals surface area contributed by atoms with Crippen LogP contribution in [0.25, 0.3) is 11.1 Å². The minimum atomic E-state index is -1.12. The molecule has 2 atom stereocenters. The van der Waals surface area contributed by atoms with Crippen LogP contribution in [0.3, 0.4) is 0 Å². The number of carbonyl (C=O) groups excluding carboxylic acids is 4. The summed E-state index contributed by atoms with van der Waals surface area (Å²) in [5.74, 6) is -4.20. The highest BCUT2D eigenvalue weighted by atomic mass is 35.5. The lowest BCUT2D eigenvalue weighted by Gasteiger charge is -2.22. The molecule has 0 aliphatic carbocycles. The quantitative estimate of drug-likeness (QED) is 0.251. The number of rotatable bonds is 6. The summed E-state index contributed by atoms with van der Waals surface area (Å²) < 4.78 is 33.1. The highest BCUT2D eigenvalue weighted by molar-refractivity contribution is 6.31. The summed E-state index contributed by atoms with van der Waals surface area (Å²) in [6.07, 6.45) is 0.513. The molecule has 2 bridgehead atoms. The van der Waals surface area contributed by atoms with E-state index in [-0.39, 0.29) is 42.5 Å². The van der Waals surface area contributed by atoms with Crippen molar-refractivity contribution in [2.45, 2.75) is 32.2 Å². The Morgan fingerprint density at radius 2 is 1.90 bits per heavy atom. The van der Waals surface area contributed by atoms with Crippen molar-refractivity contribution in [3.05, 3.63) is 76.6 Å². The summed E-state index contributed by atoms with van der Waals surface area (Å²) in [4.78, 5) is 54.7. The maximum Gasteiger partial charge on any atom is 0.411 e. The number of ketones is 2. The Morgan fingerprint density at radius 3 is 2.66 bits per heavy atom. The van der Waals surface area contributed by atoms with Gasteiger partial charge in [-0.25, -0.2) is 13.6 Å². The molecule has 12 heteroatoms. The fourth-order valence-corrected chi connectivity index (χ4v) is 4.66. The molecule has 4 rings (SSSR count). The second-order valence-electron chi connectivity index (χ2n) is 9.58. The van der Waals surface area contributed by atoms with E-state index in [0.717, 1.165) is 12.1 Å². The molecular weight excluding hydrogens is 558 g/mol. The van der Waals surface area contributed by atoms with Crippen LogP contribution in [0.4, 0.5) is 25.0 Å². The van der Waals surface area contributed by atoms with E-state index >= 15 is 0 Å². The van der Waals surface area contributed by atoms with Crippen molar-refractivity contribution in [3.63, 3.8) is 0 Å². The number of fused-ring (bicyclic) bond motifs is 4. The fourth-order valence-electron chi connectivity index (χ4n) is 4.50. The van der Waals surface area contributed by atoms with Crippen molar-refractivity contribution < 1.29 is 32.7 Å². The normalized spacial score (nSPS) is 17.0. The Kier molecular flexibility index (Phi) is 9.41. The lowest BCUT2D eigenvalue weighted by atomic mass is 9.94. The van der Waals surface area contributed by atoms with Gasteiger partial charge in [0.25, 0.3) is 0 Å². The molecular formula is C29H27ClF2N4O5. The number of Topliss-reactive ketones (excluding diaryl/α,β-unsaturated/α-hetero) is 2. The van der Waals surface area contributed by atoms with E-state index in [1.54, 1.807) is 43.5 Å². The monoisotopic (exact) mass is 584 g/mol. The van der Waals surface area contributed by atoms with Gasteiger partial charge in [0.1, 0.15) is 11.6 Å². The largest absolute Gasteiger partial charge is 0.453 e. The molecule has 2 amide bonds. The van der Waals surface area contributed by atoms with E-state index in [9.17, 15) is 28.0 Å². The molecule has 0 radical (unpaired) electrons. The number of nitrogens with zero attached hydrogens (tertiary/aromatic N) is 1. The molecule has 0 saturated heterocycles. The number of aromatic nitrogens is 1. The van der Waals surface area contributed by atoms with Gasteiger partial charge in [0.2, 0.25) is 5.91 Å². The Morgan fingerprint density at radius 1 is 1.12 bits per heavy atom. The molecule has 41 heavy (non-hydrogen) atoms. The highest BCUT2D eigenvalue weighted by Gasteiger charge is 2.25. The van der Waals surface area contributed by atoms with Gasteiger partial charge < -0.3 is 15.4 Å². The molecule has 1 aliphatic rings. The third-order valence-corrected chi connectivity index (χ3v) is 6.93. The van der Waals surface area contributed by atoms with E-state index in [1.807, 2.05) is 0 Å². The van der Waals surface area contributed by atoms with E-state index in [2.05, 4.69) is 25.7 Å². The van der Waals surface area contributed by atoms with Crippen LogP contribution in [-0.4, -0.2) is 42.2 Å². The van der Waals surface area contributed by atoms with Gasteiger partial charge in [-0.05, 0) is 42.0 Å². The van der Waals surface area contributed by atoms with Gasteiger partial charge in [0, 0.05) is 49.2 Å². The van der Waals surface area contributed by atoms with Gasteiger partial charge in [0.15, 0.2) is 11.6 Å². The predicted octanol–water partition coefficient (Wildman–Crippen LogP) is 5.70. The summed E-state index contributed by atoms with van der Waals surface area (Å²) in [5.41, 5.74) is 1.87. The average Bonchev–Trinajstić information content (AvgIpc) is 2.94. The van der Waals surface area contributed by atoms with Crippen LogP contribution >= 0.6 is 11.6 Å². The zero-order valence-corrected chi connectivity index (χ0v) is 23.0. The lowest BCUT2D eigenvalue weighted by Crippen LogP contribution is -2.29. The Balaban J connectivity index is 1.63. The summed E-state index contributed by atoms with van der Waals surface area (Å²) in [6, 6.07) is 9.73. The van der Waals surface area contributed by atoms with Crippen LogP contribution in [0.15, 0.2) is 48.7 Å². The molecule has 2 heterocycles. The van der Waals surface area contributed by atoms with Crippen LogP contribution in [0, 0.1) is 17.6 Å². The zero-order chi connectivity index (χ0) is 29.7. The Hall–Kier alpha value is -4.22. The van der Waals surface area contributed by atoms with E-state index in [1.165, 1.54) is 7.11 Å². The van der Waals surface area contributed by atoms with Crippen LogP contribution in [-0.2, 0) is 14.3 Å². The van der Waals surface area contributed by atoms with Gasteiger partial charge in [-0.2, -0.15) is 0 Å². The van der Waals surface area contributed by atoms with Crippen molar-refractivity contribution in [2.24, 2.45) is 5.92 Å². The number of anilines is 2. The number of carbonyl (C=O) groups is 4.